The van der Waals surface area contributed by atoms with Crippen LogP contribution in [-0.4, -0.2) is 42.0 Å². The molecule has 0 amide bonds. The molecule has 5 rings (SSSR count). The smallest absolute Gasteiger partial charge is 0.123 e. The molecular weight excluding hydrogens is 367 g/mol. The Morgan fingerprint density at radius 3 is 2.66 bits per heavy atom. The topological polar surface area (TPSA) is 44.4 Å². The molecule has 0 bridgehead atoms. The molecule has 29 heavy (non-hydrogen) atoms. The van der Waals surface area contributed by atoms with E-state index < -0.39 is 0 Å². The van der Waals surface area contributed by atoms with Crippen LogP contribution >= 0.6 is 0 Å². The van der Waals surface area contributed by atoms with Crippen LogP contribution in [0.5, 0.6) is 0 Å². The summed E-state index contributed by atoms with van der Waals surface area (Å²) in [7, 11) is 0. The summed E-state index contributed by atoms with van der Waals surface area (Å²) in [5.41, 5.74) is 4.25. The summed E-state index contributed by atoms with van der Waals surface area (Å²) in [6.07, 6.45) is 4.09. The van der Waals surface area contributed by atoms with E-state index >= 15 is 0 Å². The van der Waals surface area contributed by atoms with Crippen molar-refractivity contribution in [3.63, 3.8) is 0 Å². The van der Waals surface area contributed by atoms with E-state index in [2.05, 4.69) is 46.0 Å². The second-order valence-corrected chi connectivity index (χ2v) is 8.86. The predicted octanol–water partition coefficient (Wildman–Crippen LogP) is 4.87. The third-order valence-electron chi connectivity index (χ3n) is 6.20. The van der Waals surface area contributed by atoms with Gasteiger partial charge in [-0.15, -0.1) is 0 Å². The molecule has 0 radical (unpaired) electrons. The van der Waals surface area contributed by atoms with E-state index in [1.54, 1.807) is 0 Å². The molecule has 1 aromatic heterocycles. The number of fused-ring (bicyclic) bond motifs is 2. The van der Waals surface area contributed by atoms with Crippen molar-refractivity contribution in [3.8, 4) is 0 Å². The van der Waals surface area contributed by atoms with Gasteiger partial charge in [0.05, 0.1) is 28.6 Å². The normalized spacial score (nSPS) is 19.6. The minimum Gasteiger partial charge on any atom is -0.381 e. The summed E-state index contributed by atoms with van der Waals surface area (Å²) in [6.45, 7) is 8.16. The molecule has 2 aliphatic rings. The van der Waals surface area contributed by atoms with Crippen LogP contribution in [0.25, 0.3) is 10.9 Å². The van der Waals surface area contributed by atoms with Crippen LogP contribution in [0.15, 0.2) is 42.6 Å². The summed E-state index contributed by atoms with van der Waals surface area (Å²) < 4.78 is 19.1. The maximum Gasteiger partial charge on any atom is 0.123 e. The first kappa shape index (κ1) is 18.4. The number of hydrogen-bond acceptors (Lipinski definition) is 4. The zero-order chi connectivity index (χ0) is 20.0. The highest BCUT2D eigenvalue weighted by Gasteiger charge is 2.38. The van der Waals surface area contributed by atoms with Gasteiger partial charge in [-0.05, 0) is 69.0 Å². The molecule has 1 N–H and O–H groups in total. The molecule has 0 atom stereocenters. The minimum atomic E-state index is -0.213. The third-order valence-corrected chi connectivity index (χ3v) is 6.20. The molecule has 3 heterocycles. The number of halogens is 1. The Hall–Kier alpha value is -2.60. The fourth-order valence-electron chi connectivity index (χ4n) is 4.83. The Balaban J connectivity index is 1.61. The van der Waals surface area contributed by atoms with Crippen LogP contribution < -0.4 is 9.80 Å². The molecule has 5 nitrogen and oxygen atoms in total. The molecule has 0 aliphatic carbocycles. The van der Waals surface area contributed by atoms with Gasteiger partial charge in [0.2, 0.25) is 0 Å². The molecule has 2 aromatic carbocycles. The van der Waals surface area contributed by atoms with Crippen molar-refractivity contribution in [2.75, 3.05) is 36.1 Å². The first-order valence-electron chi connectivity index (χ1n) is 10.4. The van der Waals surface area contributed by atoms with Gasteiger partial charge in [-0.3, -0.25) is 5.10 Å². The average Bonchev–Trinajstić information content (AvgIpc) is 3.16. The number of ether oxygens (including phenoxy) is 1. The lowest BCUT2D eigenvalue weighted by Gasteiger charge is -2.50. The van der Waals surface area contributed by atoms with Crippen molar-refractivity contribution in [1.82, 2.24) is 10.2 Å². The lowest BCUT2D eigenvalue weighted by Crippen LogP contribution is -2.55. The van der Waals surface area contributed by atoms with Gasteiger partial charge < -0.3 is 14.5 Å². The number of aromatic amines is 1. The van der Waals surface area contributed by atoms with E-state index in [9.17, 15) is 4.39 Å². The monoisotopic (exact) mass is 394 g/mol. The molecule has 6 heteroatoms. The van der Waals surface area contributed by atoms with E-state index in [0.29, 0.717) is 5.92 Å². The Morgan fingerprint density at radius 1 is 1.14 bits per heavy atom. The van der Waals surface area contributed by atoms with Crippen LogP contribution in [0.3, 0.4) is 0 Å². The molecule has 0 saturated carbocycles. The Kier molecular flexibility index (Phi) is 4.46. The molecular formula is C23H27FN4O. The first-order valence-corrected chi connectivity index (χ1v) is 10.4. The van der Waals surface area contributed by atoms with Gasteiger partial charge in [0.1, 0.15) is 5.82 Å². The van der Waals surface area contributed by atoms with Crippen LogP contribution in [0.1, 0.15) is 26.7 Å². The van der Waals surface area contributed by atoms with E-state index in [1.165, 1.54) is 17.8 Å². The summed E-state index contributed by atoms with van der Waals surface area (Å²) in [5, 5.41) is 8.43. The highest BCUT2D eigenvalue weighted by Crippen LogP contribution is 2.46. The fourth-order valence-corrected chi connectivity index (χ4v) is 4.83. The first-order chi connectivity index (χ1) is 14.0. The summed E-state index contributed by atoms with van der Waals surface area (Å²) in [4.78, 5) is 4.86. The number of H-pyrrole nitrogens is 1. The average molecular weight is 394 g/mol. The molecule has 152 valence electrons. The minimum absolute atomic E-state index is 0.145. The Labute approximate surface area is 170 Å². The van der Waals surface area contributed by atoms with Gasteiger partial charge in [-0.2, -0.15) is 5.10 Å². The molecule has 3 aromatic rings. The van der Waals surface area contributed by atoms with E-state index in [1.807, 2.05) is 18.3 Å². The maximum absolute atomic E-state index is 13.6. The number of nitrogens with one attached hydrogen (secondary N) is 1. The van der Waals surface area contributed by atoms with Crippen molar-refractivity contribution in [1.29, 1.82) is 0 Å². The van der Waals surface area contributed by atoms with Crippen molar-refractivity contribution < 1.29 is 9.13 Å². The number of rotatable bonds is 3. The van der Waals surface area contributed by atoms with Crippen molar-refractivity contribution in [2.24, 2.45) is 5.92 Å². The third kappa shape index (κ3) is 3.35. The van der Waals surface area contributed by atoms with Crippen LogP contribution in [0.2, 0.25) is 0 Å². The highest BCUT2D eigenvalue weighted by molar-refractivity contribution is 5.93. The SMILES string of the molecule is CC1(C)CN(CC2CCOCC2)c2cc3[nH]ncc3cc2N1c1ccc(F)cc1. The van der Waals surface area contributed by atoms with Gasteiger partial charge in [0.25, 0.3) is 0 Å². The number of benzene rings is 2. The van der Waals surface area contributed by atoms with Crippen molar-refractivity contribution >= 4 is 28.0 Å². The van der Waals surface area contributed by atoms with Gasteiger partial charge in [-0.25, -0.2) is 4.39 Å². The molecule has 2 aliphatic heterocycles. The predicted molar refractivity (Wildman–Crippen MR) is 114 cm³/mol. The summed E-state index contributed by atoms with van der Waals surface area (Å²) in [6, 6.07) is 11.2. The molecule has 1 fully saturated rings. The van der Waals surface area contributed by atoms with Gasteiger partial charge in [0.15, 0.2) is 0 Å². The quantitative estimate of drug-likeness (QED) is 0.689. The highest BCUT2D eigenvalue weighted by atomic mass is 19.1. The molecule has 0 unspecified atom stereocenters. The van der Waals surface area contributed by atoms with E-state index in [-0.39, 0.29) is 11.4 Å². The van der Waals surface area contributed by atoms with Gasteiger partial charge in [0, 0.05) is 37.4 Å². The molecule has 1 saturated heterocycles. The maximum atomic E-state index is 13.6. The zero-order valence-electron chi connectivity index (χ0n) is 17.0. The number of aromatic nitrogens is 2. The standard InChI is InChI=1S/C23H27FN4O/c1-23(2)15-27(14-16-7-9-29-10-8-16)21-12-20-17(13-25-26-20)11-22(21)28(23)19-5-3-18(24)4-6-19/h3-6,11-13,16H,7-10,14-15H2,1-2H3,(H,25,26). The Bertz CT molecular complexity index is 1010. The lowest BCUT2D eigenvalue weighted by atomic mass is 9.92. The second kappa shape index (κ2) is 7.02. The van der Waals surface area contributed by atoms with Crippen LogP contribution in [-0.2, 0) is 4.74 Å². The zero-order valence-corrected chi connectivity index (χ0v) is 17.0. The van der Waals surface area contributed by atoms with Crippen LogP contribution in [0.4, 0.5) is 21.5 Å². The van der Waals surface area contributed by atoms with E-state index in [4.69, 9.17) is 4.74 Å². The van der Waals surface area contributed by atoms with Gasteiger partial charge in [-0.1, -0.05) is 0 Å². The Morgan fingerprint density at radius 2 is 1.90 bits per heavy atom. The summed E-state index contributed by atoms with van der Waals surface area (Å²) in [5.74, 6) is 0.428. The molecule has 0 spiro atoms. The van der Waals surface area contributed by atoms with Crippen LogP contribution in [0, 0.1) is 11.7 Å². The number of anilines is 3. The van der Waals surface area contributed by atoms with E-state index in [0.717, 1.165) is 61.4 Å². The van der Waals surface area contributed by atoms with Crippen molar-refractivity contribution in [2.45, 2.75) is 32.2 Å². The largest absolute Gasteiger partial charge is 0.381 e. The fraction of sp³-hybridized carbons (Fsp3) is 0.435. The van der Waals surface area contributed by atoms with Gasteiger partial charge >= 0.3 is 0 Å². The lowest BCUT2D eigenvalue weighted by molar-refractivity contribution is 0.0679. The number of hydrogen-bond donors (Lipinski definition) is 1. The summed E-state index contributed by atoms with van der Waals surface area (Å²) >= 11 is 0. The van der Waals surface area contributed by atoms with Crippen molar-refractivity contribution in [3.05, 3.63) is 48.4 Å². The number of nitrogens with zero attached hydrogens (tertiary/aromatic N) is 3. The second-order valence-electron chi connectivity index (χ2n) is 8.86.